The first kappa shape index (κ1) is 19.7. The second-order valence-corrected chi connectivity index (χ2v) is 5.30. The summed E-state index contributed by atoms with van der Waals surface area (Å²) in [7, 11) is -3.43. The maximum absolute atomic E-state index is 13.0. The quantitative estimate of drug-likeness (QED) is 0.396. The predicted molar refractivity (Wildman–Crippen MR) is 85.2 cm³/mol. The van der Waals surface area contributed by atoms with Gasteiger partial charge in [0.15, 0.2) is 0 Å². The molecule has 0 unspecified atom stereocenters. The van der Waals surface area contributed by atoms with E-state index >= 15 is 0 Å². The number of halogens is 3. The lowest BCUT2D eigenvalue weighted by Crippen LogP contribution is -2.33. The fraction of sp³-hybridized carbons (Fsp3) is 0.167. The third-order valence-corrected chi connectivity index (χ3v) is 3.11. The average Bonchev–Trinajstić information content (AvgIpc) is 2.46. The van der Waals surface area contributed by atoms with E-state index in [0.29, 0.717) is 4.60 Å². The highest BCUT2D eigenvalue weighted by molar-refractivity contribution is 9.10. The van der Waals surface area contributed by atoms with Crippen LogP contribution in [0.2, 0.25) is 0 Å². The van der Waals surface area contributed by atoms with Gasteiger partial charge in [0, 0.05) is 5.46 Å². The van der Waals surface area contributed by atoms with Crippen LogP contribution in [0.3, 0.4) is 0 Å². The van der Waals surface area contributed by atoms with E-state index in [4.69, 9.17) is 20.1 Å². The minimum atomic E-state index is -1.80. The van der Waals surface area contributed by atoms with E-state index in [9.17, 15) is 8.78 Å². The monoisotopic (exact) mass is 388 g/mol. The van der Waals surface area contributed by atoms with Crippen LogP contribution in [-0.2, 0) is 0 Å². The number of hydrogen-bond acceptors (Lipinski definition) is 6. The van der Waals surface area contributed by atoms with E-state index in [1.807, 2.05) is 0 Å². The molecule has 2 heterocycles. The molecule has 0 aromatic carbocycles. The van der Waals surface area contributed by atoms with Gasteiger partial charge in [-0.3, -0.25) is 4.98 Å². The third kappa shape index (κ3) is 5.63. The number of hydrogen-bond donors (Lipinski definition) is 4. The molecule has 0 aliphatic carbocycles. The minimum Gasteiger partial charge on any atom is -0.423 e. The Hall–Kier alpha value is -1.39. The first-order valence-corrected chi connectivity index (χ1v) is 7.10. The molecule has 0 saturated heterocycles. The van der Waals surface area contributed by atoms with Gasteiger partial charge in [-0.05, 0) is 48.0 Å². The molecule has 2 aromatic heterocycles. The zero-order chi connectivity index (χ0) is 17.7. The van der Waals surface area contributed by atoms with Crippen molar-refractivity contribution in [2.24, 2.45) is 0 Å². The molecule has 0 fully saturated rings. The highest BCUT2D eigenvalue weighted by Gasteiger charge is 2.19. The molecule has 0 amide bonds. The zero-order valence-electron chi connectivity index (χ0n) is 12.2. The SMILES string of the molecule is Cc1nc(B(O)O)ccc1F.Cc1nc(Br)cc(B(O)O)c1F. The van der Waals surface area contributed by atoms with Gasteiger partial charge in [-0.15, -0.1) is 0 Å². The van der Waals surface area contributed by atoms with Crippen LogP contribution in [0.1, 0.15) is 11.4 Å². The van der Waals surface area contributed by atoms with E-state index in [1.165, 1.54) is 26.0 Å². The lowest BCUT2D eigenvalue weighted by molar-refractivity contribution is 0.421. The van der Waals surface area contributed by atoms with Crippen molar-refractivity contribution in [3.05, 3.63) is 45.8 Å². The second-order valence-electron chi connectivity index (χ2n) is 4.48. The van der Waals surface area contributed by atoms with Gasteiger partial charge in [0.1, 0.15) is 16.2 Å². The van der Waals surface area contributed by atoms with Crippen LogP contribution in [-0.4, -0.2) is 44.3 Å². The Bertz CT molecular complexity index is 692. The van der Waals surface area contributed by atoms with Gasteiger partial charge in [0.2, 0.25) is 0 Å². The molecule has 0 saturated carbocycles. The smallest absolute Gasteiger partial charge is 0.423 e. The minimum absolute atomic E-state index is 0.0592. The maximum atomic E-state index is 13.0. The Morgan fingerprint density at radius 1 is 0.957 bits per heavy atom. The molecule has 0 aliphatic heterocycles. The van der Waals surface area contributed by atoms with Crippen LogP contribution in [0.25, 0.3) is 0 Å². The van der Waals surface area contributed by atoms with Crippen LogP contribution in [0, 0.1) is 25.5 Å². The number of aryl methyl sites for hydroxylation is 2. The van der Waals surface area contributed by atoms with Crippen molar-refractivity contribution >= 4 is 41.2 Å². The van der Waals surface area contributed by atoms with Gasteiger partial charge in [0.25, 0.3) is 0 Å². The summed E-state index contributed by atoms with van der Waals surface area (Å²) in [6, 6.07) is 3.61. The van der Waals surface area contributed by atoms with E-state index < -0.39 is 25.9 Å². The van der Waals surface area contributed by atoms with Crippen LogP contribution < -0.4 is 11.1 Å². The average molecular weight is 389 g/mol. The van der Waals surface area contributed by atoms with Crippen molar-refractivity contribution in [3.63, 3.8) is 0 Å². The third-order valence-electron chi connectivity index (χ3n) is 2.71. The van der Waals surface area contributed by atoms with Gasteiger partial charge in [0.05, 0.1) is 17.0 Å². The first-order chi connectivity index (χ1) is 10.6. The van der Waals surface area contributed by atoms with Crippen molar-refractivity contribution in [1.82, 2.24) is 9.97 Å². The van der Waals surface area contributed by atoms with Crippen LogP contribution >= 0.6 is 15.9 Å². The summed E-state index contributed by atoms with van der Waals surface area (Å²) in [5.74, 6) is -1.14. The first-order valence-electron chi connectivity index (χ1n) is 6.31. The van der Waals surface area contributed by atoms with Gasteiger partial charge in [-0.2, -0.15) is 0 Å². The lowest BCUT2D eigenvalue weighted by Gasteiger charge is -2.03. The number of nitrogens with zero attached hydrogens (tertiary/aromatic N) is 2. The summed E-state index contributed by atoms with van der Waals surface area (Å²) in [4.78, 5) is 7.33. The second kappa shape index (κ2) is 8.46. The van der Waals surface area contributed by atoms with Gasteiger partial charge in [-0.25, -0.2) is 13.8 Å². The van der Waals surface area contributed by atoms with E-state index in [2.05, 4.69) is 25.9 Å². The zero-order valence-corrected chi connectivity index (χ0v) is 13.8. The summed E-state index contributed by atoms with van der Waals surface area (Å²) in [6.45, 7) is 2.91. The molecule has 23 heavy (non-hydrogen) atoms. The summed E-state index contributed by atoms with van der Waals surface area (Å²) in [5.41, 5.74) is 0.182. The molecular weight excluding hydrogens is 376 g/mol. The van der Waals surface area contributed by atoms with Crippen molar-refractivity contribution in [3.8, 4) is 0 Å². The molecule has 2 aromatic rings. The fourth-order valence-corrected chi connectivity index (χ4v) is 2.05. The molecule has 11 heteroatoms. The molecule has 0 radical (unpaired) electrons. The van der Waals surface area contributed by atoms with E-state index in [0.717, 1.165) is 6.07 Å². The lowest BCUT2D eigenvalue weighted by atomic mass is 9.80. The van der Waals surface area contributed by atoms with Crippen LogP contribution in [0.4, 0.5) is 8.78 Å². The molecule has 0 bridgehead atoms. The molecule has 0 atom stereocenters. The van der Waals surface area contributed by atoms with E-state index in [-0.39, 0.29) is 22.4 Å². The Morgan fingerprint density at radius 2 is 1.57 bits per heavy atom. The van der Waals surface area contributed by atoms with Gasteiger partial charge in [-0.1, -0.05) is 0 Å². The summed E-state index contributed by atoms with van der Waals surface area (Å²) in [6.07, 6.45) is 0. The topological polar surface area (TPSA) is 107 Å². The Kier molecular flexibility index (Phi) is 7.23. The maximum Gasteiger partial charge on any atom is 0.508 e. The molecule has 4 N–H and O–H groups in total. The number of rotatable bonds is 2. The van der Waals surface area contributed by atoms with Crippen molar-refractivity contribution < 1.29 is 28.9 Å². The molecule has 6 nitrogen and oxygen atoms in total. The standard InChI is InChI=1S/C6H6BBrFNO2.C6H7BFNO2/c1-3-6(9)4(7(11)12)2-5(8)10-3;1-4-5(8)2-3-6(9-4)7(10)11/h2,11-12H,1H3;2-3,10-11H,1H3. The summed E-state index contributed by atoms with van der Waals surface area (Å²) >= 11 is 3.02. The molecule has 2 rings (SSSR count). The normalized spacial score (nSPS) is 9.96. The summed E-state index contributed by atoms with van der Waals surface area (Å²) in [5, 5.41) is 34.7. The predicted octanol–water partition coefficient (Wildman–Crippen LogP) is -0.820. The molecule has 122 valence electrons. The molecule has 0 spiro atoms. The number of aromatic nitrogens is 2. The van der Waals surface area contributed by atoms with Crippen molar-refractivity contribution in [1.29, 1.82) is 0 Å². The van der Waals surface area contributed by atoms with Crippen molar-refractivity contribution in [2.75, 3.05) is 0 Å². The van der Waals surface area contributed by atoms with Crippen LogP contribution in [0.5, 0.6) is 0 Å². The summed E-state index contributed by atoms with van der Waals surface area (Å²) < 4.78 is 25.9. The van der Waals surface area contributed by atoms with Crippen LogP contribution in [0.15, 0.2) is 22.8 Å². The Labute approximate surface area is 140 Å². The van der Waals surface area contributed by atoms with E-state index in [1.54, 1.807) is 0 Å². The van der Waals surface area contributed by atoms with Gasteiger partial charge < -0.3 is 20.1 Å². The Balaban J connectivity index is 0.000000231. The highest BCUT2D eigenvalue weighted by atomic mass is 79.9. The largest absolute Gasteiger partial charge is 0.508 e. The fourth-order valence-electron chi connectivity index (χ4n) is 1.54. The Morgan fingerprint density at radius 3 is 2.04 bits per heavy atom. The van der Waals surface area contributed by atoms with Gasteiger partial charge >= 0.3 is 14.2 Å². The van der Waals surface area contributed by atoms with Crippen molar-refractivity contribution in [2.45, 2.75) is 13.8 Å². The highest BCUT2D eigenvalue weighted by Crippen LogP contribution is 2.08. The number of pyridine rings is 2. The molecule has 0 aliphatic rings. The molecular formula is C12H13B2BrF2N2O4.